The van der Waals surface area contributed by atoms with E-state index in [1.807, 2.05) is 24.3 Å². The second kappa shape index (κ2) is 7.75. The molecule has 9 heteroatoms. The van der Waals surface area contributed by atoms with Crippen molar-refractivity contribution >= 4 is 54.9 Å². The average molecular weight is 452 g/mol. The number of carbonyl (C=O) groups is 1. The molecular formula is C17H14BrN3O3S2. The fraction of sp³-hybridized carbons (Fsp3) is 0.0588. The van der Waals surface area contributed by atoms with Crippen molar-refractivity contribution in [2.75, 3.05) is 0 Å². The Labute approximate surface area is 163 Å². The third-order valence-corrected chi connectivity index (χ3v) is 5.88. The van der Waals surface area contributed by atoms with Crippen LogP contribution in [0.2, 0.25) is 0 Å². The Hall–Kier alpha value is -1.94. The Morgan fingerprint density at radius 1 is 1.12 bits per heavy atom. The summed E-state index contributed by atoms with van der Waals surface area (Å²) in [4.78, 5) is 17.0. The molecule has 0 unspecified atom stereocenters. The normalized spacial score (nSPS) is 17.7. The van der Waals surface area contributed by atoms with Gasteiger partial charge < -0.3 is 5.32 Å². The number of nitrogens with one attached hydrogen (secondary N) is 1. The summed E-state index contributed by atoms with van der Waals surface area (Å²) in [5, 5.41) is 8.30. The molecule has 0 saturated carbocycles. The highest BCUT2D eigenvalue weighted by Gasteiger charge is 2.23. The number of sulfonamides is 1. The predicted octanol–water partition coefficient (Wildman–Crippen LogP) is 2.86. The lowest BCUT2D eigenvalue weighted by molar-refractivity contribution is -0.115. The quantitative estimate of drug-likeness (QED) is 0.697. The third-order valence-electron chi connectivity index (χ3n) is 3.48. The van der Waals surface area contributed by atoms with Crippen molar-refractivity contribution in [1.82, 2.24) is 5.32 Å². The van der Waals surface area contributed by atoms with Crippen LogP contribution in [0.5, 0.6) is 0 Å². The number of nitrogens with two attached hydrogens (primary N) is 1. The number of nitrogens with zero attached hydrogens (tertiary/aromatic N) is 1. The van der Waals surface area contributed by atoms with E-state index in [4.69, 9.17) is 5.14 Å². The van der Waals surface area contributed by atoms with Crippen LogP contribution in [-0.4, -0.2) is 19.5 Å². The van der Waals surface area contributed by atoms with Crippen LogP contribution in [0.4, 0.5) is 0 Å². The fourth-order valence-electron chi connectivity index (χ4n) is 2.16. The third kappa shape index (κ3) is 4.82. The van der Waals surface area contributed by atoms with Crippen LogP contribution in [0.1, 0.15) is 11.1 Å². The van der Waals surface area contributed by atoms with Gasteiger partial charge in [-0.05, 0) is 53.2 Å². The highest BCUT2D eigenvalue weighted by Crippen LogP contribution is 2.26. The van der Waals surface area contributed by atoms with E-state index in [9.17, 15) is 13.2 Å². The number of amidine groups is 1. The van der Waals surface area contributed by atoms with E-state index >= 15 is 0 Å². The van der Waals surface area contributed by atoms with Gasteiger partial charge in [-0.15, -0.1) is 0 Å². The zero-order valence-corrected chi connectivity index (χ0v) is 16.6. The van der Waals surface area contributed by atoms with Crippen molar-refractivity contribution in [3.63, 3.8) is 0 Å². The lowest BCUT2D eigenvalue weighted by Crippen LogP contribution is -2.19. The second-order valence-corrected chi connectivity index (χ2v) is 8.93. The second-order valence-electron chi connectivity index (χ2n) is 5.43. The van der Waals surface area contributed by atoms with Gasteiger partial charge >= 0.3 is 0 Å². The van der Waals surface area contributed by atoms with Crippen LogP contribution in [0.25, 0.3) is 6.08 Å². The van der Waals surface area contributed by atoms with Gasteiger partial charge in [-0.2, -0.15) is 0 Å². The minimum atomic E-state index is -3.70. The summed E-state index contributed by atoms with van der Waals surface area (Å²) in [5.74, 6) is -0.193. The van der Waals surface area contributed by atoms with Crippen molar-refractivity contribution in [3.05, 3.63) is 69.0 Å². The Balaban J connectivity index is 1.69. The summed E-state index contributed by atoms with van der Waals surface area (Å²) < 4.78 is 23.5. The smallest absolute Gasteiger partial charge is 0.264 e. The van der Waals surface area contributed by atoms with Crippen molar-refractivity contribution in [1.29, 1.82) is 0 Å². The van der Waals surface area contributed by atoms with Crippen LogP contribution in [0.15, 0.2) is 67.8 Å². The first-order chi connectivity index (χ1) is 12.3. The molecule has 134 valence electrons. The summed E-state index contributed by atoms with van der Waals surface area (Å²) in [6.45, 7) is 0.319. The summed E-state index contributed by atoms with van der Waals surface area (Å²) in [5.41, 5.74) is 1.73. The number of carbonyl (C=O) groups excluding carboxylic acids is 1. The first kappa shape index (κ1) is 18.8. The van der Waals surface area contributed by atoms with E-state index in [2.05, 4.69) is 26.2 Å². The fourth-order valence-corrected chi connectivity index (χ4v) is 3.76. The highest BCUT2D eigenvalue weighted by atomic mass is 79.9. The lowest BCUT2D eigenvalue weighted by atomic mass is 10.2. The molecule has 2 aromatic carbocycles. The number of aliphatic imine (C=N–C) groups is 1. The van der Waals surface area contributed by atoms with E-state index in [0.29, 0.717) is 16.6 Å². The van der Waals surface area contributed by atoms with Gasteiger partial charge in [-0.25, -0.2) is 13.6 Å². The van der Waals surface area contributed by atoms with Crippen molar-refractivity contribution < 1.29 is 13.2 Å². The summed E-state index contributed by atoms with van der Waals surface area (Å²) in [6.07, 6.45) is 1.80. The molecule has 1 aliphatic rings. The molecule has 0 radical (unpaired) electrons. The molecule has 1 fully saturated rings. The number of amides is 1. The van der Waals surface area contributed by atoms with Crippen LogP contribution in [0, 0.1) is 0 Å². The first-order valence-corrected chi connectivity index (χ1v) is 10.6. The molecule has 1 aliphatic heterocycles. The average Bonchev–Trinajstić information content (AvgIpc) is 2.94. The number of halogens is 1. The molecule has 0 spiro atoms. The van der Waals surface area contributed by atoms with Crippen LogP contribution >= 0.6 is 27.7 Å². The lowest BCUT2D eigenvalue weighted by Gasteiger charge is -2.01. The molecule has 3 N–H and O–H groups in total. The van der Waals surface area contributed by atoms with E-state index in [-0.39, 0.29) is 10.8 Å². The molecule has 2 aromatic rings. The number of thioether (sulfide) groups is 1. The van der Waals surface area contributed by atoms with Crippen molar-refractivity contribution in [2.24, 2.45) is 10.1 Å². The van der Waals surface area contributed by atoms with E-state index in [1.54, 1.807) is 18.2 Å². The van der Waals surface area contributed by atoms with Crippen LogP contribution in [0.3, 0.4) is 0 Å². The van der Waals surface area contributed by atoms with Gasteiger partial charge in [-0.3, -0.25) is 9.79 Å². The maximum absolute atomic E-state index is 12.1. The molecule has 0 bridgehead atoms. The van der Waals surface area contributed by atoms with Crippen LogP contribution < -0.4 is 10.5 Å². The Bertz CT molecular complexity index is 999. The zero-order chi connectivity index (χ0) is 18.7. The van der Waals surface area contributed by atoms with E-state index < -0.39 is 10.0 Å². The Morgan fingerprint density at radius 2 is 1.77 bits per heavy atom. The van der Waals surface area contributed by atoms with Crippen molar-refractivity contribution in [3.8, 4) is 0 Å². The summed E-state index contributed by atoms with van der Waals surface area (Å²) in [7, 11) is -3.70. The molecule has 26 heavy (non-hydrogen) atoms. The highest BCUT2D eigenvalue weighted by molar-refractivity contribution is 9.10. The molecule has 1 heterocycles. The van der Waals surface area contributed by atoms with Gasteiger partial charge in [0.1, 0.15) is 0 Å². The monoisotopic (exact) mass is 451 g/mol. The molecule has 0 aromatic heterocycles. The van der Waals surface area contributed by atoms with Gasteiger partial charge in [0.05, 0.1) is 16.3 Å². The largest absolute Gasteiger partial charge is 0.301 e. The first-order valence-electron chi connectivity index (χ1n) is 7.44. The predicted molar refractivity (Wildman–Crippen MR) is 107 cm³/mol. The number of hydrogen-bond acceptors (Lipinski definition) is 5. The zero-order valence-electron chi connectivity index (χ0n) is 13.3. The van der Waals surface area contributed by atoms with E-state index in [1.165, 1.54) is 23.9 Å². The Kier molecular flexibility index (Phi) is 5.61. The molecule has 0 atom stereocenters. The number of primary sulfonamides is 1. The minimum absolute atomic E-state index is 0.0529. The van der Waals surface area contributed by atoms with Gasteiger partial charge in [0.25, 0.3) is 5.91 Å². The maximum atomic E-state index is 12.1. The van der Waals surface area contributed by atoms with E-state index in [0.717, 1.165) is 15.6 Å². The molecule has 1 amide bonds. The molecule has 0 aliphatic carbocycles. The maximum Gasteiger partial charge on any atom is 0.264 e. The summed E-state index contributed by atoms with van der Waals surface area (Å²) in [6, 6.07) is 13.8. The topological polar surface area (TPSA) is 102 Å². The van der Waals surface area contributed by atoms with Gasteiger partial charge in [-0.1, -0.05) is 40.2 Å². The molecular weight excluding hydrogens is 438 g/mol. The SMILES string of the molecule is NS(=O)(=O)c1ccc(CN=C2NC(=O)/C(=C/c3ccc(Br)cc3)S2)cc1. The number of rotatable bonds is 4. The van der Waals surface area contributed by atoms with Gasteiger partial charge in [0.2, 0.25) is 10.0 Å². The number of hydrogen-bond donors (Lipinski definition) is 2. The number of benzene rings is 2. The van der Waals surface area contributed by atoms with Crippen LogP contribution in [-0.2, 0) is 21.4 Å². The summed E-state index contributed by atoms with van der Waals surface area (Å²) >= 11 is 4.64. The minimum Gasteiger partial charge on any atom is -0.301 e. The molecule has 6 nitrogen and oxygen atoms in total. The standard InChI is InChI=1S/C17H14BrN3O3S2/c18-13-5-1-11(2-6-13)9-15-16(22)21-17(25-15)20-10-12-3-7-14(8-4-12)26(19,23)24/h1-9H,10H2,(H2,19,23,24)(H,20,21,22)/b15-9-. The van der Waals surface area contributed by atoms with Gasteiger partial charge in [0.15, 0.2) is 5.17 Å². The van der Waals surface area contributed by atoms with Gasteiger partial charge in [0, 0.05) is 4.47 Å². The Morgan fingerprint density at radius 3 is 2.38 bits per heavy atom. The van der Waals surface area contributed by atoms with Crippen molar-refractivity contribution in [2.45, 2.75) is 11.4 Å². The molecule has 1 saturated heterocycles. The molecule has 3 rings (SSSR count).